The molecule has 0 aliphatic carbocycles. The first-order chi connectivity index (χ1) is 14.6. The Morgan fingerprint density at radius 1 is 1.17 bits per heavy atom. The van der Waals surface area contributed by atoms with E-state index in [1.54, 1.807) is 0 Å². The third kappa shape index (κ3) is 4.58. The summed E-state index contributed by atoms with van der Waals surface area (Å²) < 4.78 is 5.85. The molecule has 0 bridgehead atoms. The first-order valence-corrected chi connectivity index (χ1v) is 11.0. The molecule has 0 saturated carbocycles. The smallest absolute Gasteiger partial charge is 0.234 e. The van der Waals surface area contributed by atoms with Gasteiger partial charge in [-0.2, -0.15) is 5.26 Å². The number of thioether (sulfide) groups is 1. The molecule has 2 atom stereocenters. The number of carbonyl (C=O) groups excluding carboxylic acids is 1. The zero-order chi connectivity index (χ0) is 21.5. The van der Waals surface area contributed by atoms with Gasteiger partial charge in [0.1, 0.15) is 10.8 Å². The summed E-state index contributed by atoms with van der Waals surface area (Å²) in [7, 11) is 0. The molecule has 3 rings (SSSR count). The average Bonchev–Trinajstić information content (AvgIpc) is 2.75. The molecule has 0 radical (unpaired) electrons. The second-order valence-corrected chi connectivity index (χ2v) is 8.05. The summed E-state index contributed by atoms with van der Waals surface area (Å²) in [4.78, 5) is 18.0. The van der Waals surface area contributed by atoms with E-state index in [9.17, 15) is 10.1 Å². The van der Waals surface area contributed by atoms with Crippen molar-refractivity contribution in [2.75, 3.05) is 17.7 Å². The van der Waals surface area contributed by atoms with E-state index in [-0.39, 0.29) is 5.91 Å². The van der Waals surface area contributed by atoms with Gasteiger partial charge in [-0.3, -0.25) is 4.79 Å². The number of carbonyl (C=O) groups is 1. The lowest BCUT2D eigenvalue weighted by Crippen LogP contribution is -2.36. The number of nitriles is 1. The number of hydrogen-bond donors (Lipinski definition) is 1. The van der Waals surface area contributed by atoms with Gasteiger partial charge >= 0.3 is 0 Å². The van der Waals surface area contributed by atoms with E-state index >= 15 is 0 Å². The lowest BCUT2D eigenvalue weighted by Gasteiger charge is -2.31. The fourth-order valence-electron chi connectivity index (χ4n) is 3.64. The molecule has 1 N–H and O–H groups in total. The molecule has 6 heteroatoms. The molecule has 30 heavy (non-hydrogen) atoms. The van der Waals surface area contributed by atoms with Crippen molar-refractivity contribution in [2.45, 2.75) is 26.7 Å². The van der Waals surface area contributed by atoms with Crippen molar-refractivity contribution in [2.24, 2.45) is 10.9 Å². The summed E-state index contributed by atoms with van der Waals surface area (Å²) in [6.07, 6.45) is 0. The molecular formula is C24H25N3O2S. The van der Waals surface area contributed by atoms with Gasteiger partial charge < -0.3 is 10.1 Å². The molecule has 1 aliphatic rings. The fraction of sp³-hybridized carbons (Fsp3) is 0.292. The van der Waals surface area contributed by atoms with Crippen LogP contribution in [0.1, 0.15) is 32.3 Å². The van der Waals surface area contributed by atoms with Crippen LogP contribution in [0.15, 0.2) is 70.2 Å². The van der Waals surface area contributed by atoms with Gasteiger partial charge in [0.25, 0.3) is 0 Å². The summed E-state index contributed by atoms with van der Waals surface area (Å²) in [5.74, 6) is 0.214. The van der Waals surface area contributed by atoms with Crippen LogP contribution >= 0.6 is 11.8 Å². The molecule has 0 fully saturated rings. The predicted octanol–water partition coefficient (Wildman–Crippen LogP) is 5.39. The van der Waals surface area contributed by atoms with Crippen LogP contribution in [-0.2, 0) is 4.79 Å². The van der Waals surface area contributed by atoms with Crippen LogP contribution in [-0.4, -0.2) is 24.0 Å². The van der Waals surface area contributed by atoms with Gasteiger partial charge in [0.15, 0.2) is 0 Å². The Labute approximate surface area is 181 Å². The minimum atomic E-state index is -0.609. The Bertz CT molecular complexity index is 1010. The van der Waals surface area contributed by atoms with E-state index in [4.69, 9.17) is 4.74 Å². The van der Waals surface area contributed by atoms with Crippen molar-refractivity contribution < 1.29 is 9.53 Å². The average molecular weight is 420 g/mol. The summed E-state index contributed by atoms with van der Waals surface area (Å²) in [6.45, 7) is 6.30. The highest BCUT2D eigenvalue weighted by Crippen LogP contribution is 2.44. The van der Waals surface area contributed by atoms with Crippen molar-refractivity contribution in [1.82, 2.24) is 0 Å². The maximum Gasteiger partial charge on any atom is 0.234 e. The van der Waals surface area contributed by atoms with Crippen molar-refractivity contribution >= 4 is 29.1 Å². The highest BCUT2D eigenvalue weighted by molar-refractivity contribution is 8.03. The second kappa shape index (κ2) is 10.1. The number of ether oxygens (including phenoxy) is 1. The maximum absolute atomic E-state index is 13.4. The molecule has 0 unspecified atom stereocenters. The Balaban J connectivity index is 2.11. The number of aliphatic imine (C=N–C) groups is 1. The van der Waals surface area contributed by atoms with E-state index in [1.807, 2.05) is 75.4 Å². The van der Waals surface area contributed by atoms with E-state index in [0.29, 0.717) is 34.4 Å². The lowest BCUT2D eigenvalue weighted by atomic mass is 9.76. The van der Waals surface area contributed by atoms with E-state index in [0.717, 1.165) is 11.3 Å². The van der Waals surface area contributed by atoms with Gasteiger partial charge in [-0.25, -0.2) is 4.99 Å². The zero-order valence-corrected chi connectivity index (χ0v) is 18.2. The Morgan fingerprint density at radius 3 is 2.53 bits per heavy atom. The number of amides is 1. The summed E-state index contributed by atoms with van der Waals surface area (Å²) in [6, 6.07) is 19.3. The molecule has 5 nitrogen and oxygen atoms in total. The Hall–Kier alpha value is -3.04. The number of benzene rings is 2. The number of allylic oxidation sites excluding steroid dienone is 1. The third-order valence-electron chi connectivity index (χ3n) is 4.88. The standard InChI is InChI=1S/C24H25N3O2S/c1-4-29-20-14-10-9-13-18(20)22-19(15-25)24(30-5-2)26-16(3)21(22)23(28)27-17-11-7-6-8-12-17/h6-14,21-22H,4-5H2,1-3H3,(H,27,28)/t21-,22-/m0/s1. The second-order valence-electron chi connectivity index (χ2n) is 6.80. The summed E-state index contributed by atoms with van der Waals surface area (Å²) in [5.41, 5.74) is 2.73. The van der Waals surface area contributed by atoms with Gasteiger partial charge in [0, 0.05) is 22.9 Å². The normalized spacial score (nSPS) is 18.4. The zero-order valence-electron chi connectivity index (χ0n) is 17.4. The SMILES string of the molecule is CCOc1ccccc1[C@H]1C(C#N)=C(SCC)N=C(C)[C@@H]1C(=O)Nc1ccccc1. The number of para-hydroxylation sites is 2. The van der Waals surface area contributed by atoms with Gasteiger partial charge in [0.2, 0.25) is 5.91 Å². The van der Waals surface area contributed by atoms with E-state index in [1.165, 1.54) is 11.8 Å². The quantitative estimate of drug-likeness (QED) is 0.653. The van der Waals surface area contributed by atoms with Crippen molar-refractivity contribution in [3.05, 3.63) is 70.8 Å². The number of anilines is 1. The summed E-state index contributed by atoms with van der Waals surface area (Å²) >= 11 is 1.52. The first-order valence-electron chi connectivity index (χ1n) is 10.0. The molecule has 1 aliphatic heterocycles. The molecule has 154 valence electrons. The van der Waals surface area contributed by atoms with E-state index in [2.05, 4.69) is 16.4 Å². The maximum atomic E-state index is 13.4. The molecule has 1 heterocycles. The van der Waals surface area contributed by atoms with E-state index < -0.39 is 11.8 Å². The van der Waals surface area contributed by atoms with Crippen molar-refractivity contribution in [3.63, 3.8) is 0 Å². The molecule has 2 aromatic rings. The molecule has 1 amide bonds. The Kier molecular flexibility index (Phi) is 7.31. The van der Waals surface area contributed by atoms with Gasteiger partial charge in [-0.15, -0.1) is 11.8 Å². The minimum Gasteiger partial charge on any atom is -0.494 e. The molecule has 0 aromatic heterocycles. The molecule has 2 aromatic carbocycles. The molecule has 0 spiro atoms. The van der Waals surface area contributed by atoms with Gasteiger partial charge in [0.05, 0.1) is 24.2 Å². The molecular weight excluding hydrogens is 394 g/mol. The van der Waals surface area contributed by atoms with Crippen LogP contribution < -0.4 is 10.1 Å². The number of rotatable bonds is 7. The van der Waals surface area contributed by atoms with Crippen molar-refractivity contribution in [1.29, 1.82) is 5.26 Å². The predicted molar refractivity (Wildman–Crippen MR) is 123 cm³/mol. The highest BCUT2D eigenvalue weighted by atomic mass is 32.2. The Morgan fingerprint density at radius 2 is 1.87 bits per heavy atom. The fourth-order valence-corrected chi connectivity index (χ4v) is 4.45. The van der Waals surface area contributed by atoms with Crippen LogP contribution in [0.2, 0.25) is 0 Å². The third-order valence-corrected chi connectivity index (χ3v) is 5.76. The number of nitrogens with one attached hydrogen (secondary N) is 1. The van der Waals surface area contributed by atoms with Crippen LogP contribution in [0, 0.1) is 17.2 Å². The monoisotopic (exact) mass is 419 g/mol. The van der Waals surface area contributed by atoms with Crippen LogP contribution in [0.3, 0.4) is 0 Å². The topological polar surface area (TPSA) is 74.5 Å². The van der Waals surface area contributed by atoms with Crippen LogP contribution in [0.25, 0.3) is 0 Å². The number of hydrogen-bond acceptors (Lipinski definition) is 5. The van der Waals surface area contributed by atoms with Crippen LogP contribution in [0.4, 0.5) is 5.69 Å². The van der Waals surface area contributed by atoms with Gasteiger partial charge in [-0.05, 0) is 37.8 Å². The lowest BCUT2D eigenvalue weighted by molar-refractivity contribution is -0.118. The highest BCUT2D eigenvalue weighted by Gasteiger charge is 2.40. The largest absolute Gasteiger partial charge is 0.494 e. The summed E-state index contributed by atoms with van der Waals surface area (Å²) in [5, 5.41) is 13.7. The van der Waals surface area contributed by atoms with Crippen LogP contribution in [0.5, 0.6) is 5.75 Å². The minimum absolute atomic E-state index is 0.188. The van der Waals surface area contributed by atoms with Crippen molar-refractivity contribution in [3.8, 4) is 11.8 Å². The van der Waals surface area contributed by atoms with Gasteiger partial charge in [-0.1, -0.05) is 43.3 Å². The molecule has 0 saturated heterocycles. The first kappa shape index (κ1) is 21.7. The number of nitrogens with zero attached hydrogens (tertiary/aromatic N) is 2.